The fourth-order valence-electron chi connectivity index (χ4n) is 3.79. The van der Waals surface area contributed by atoms with Crippen molar-refractivity contribution in [2.45, 2.75) is 46.1 Å². The first kappa shape index (κ1) is 24.0. The van der Waals surface area contributed by atoms with Gasteiger partial charge in [0.15, 0.2) is 0 Å². The van der Waals surface area contributed by atoms with Gasteiger partial charge in [-0.2, -0.15) is 0 Å². The molecule has 174 valence electrons. The standard InChI is InChI=1S/C25H29N3O5/c1-16-8-10-21(17(2)13-16)26-25(31)20-15-28(12-6-4-5-7-23(29)27-32)22-11-9-18(33-3)14-19(22)24(20)30/h8-11,13-15,32H,4-7,12H2,1-3H3,(H,26,31)(H,27,29). The average Bonchev–Trinajstić information content (AvgIpc) is 2.81. The molecular formula is C25H29N3O5. The molecule has 33 heavy (non-hydrogen) atoms. The average molecular weight is 452 g/mol. The van der Waals surface area contributed by atoms with Gasteiger partial charge in [-0.3, -0.25) is 19.6 Å². The minimum absolute atomic E-state index is 0.0513. The van der Waals surface area contributed by atoms with Gasteiger partial charge in [-0.05, 0) is 56.5 Å². The van der Waals surface area contributed by atoms with Gasteiger partial charge in [-0.15, -0.1) is 0 Å². The minimum atomic E-state index is -0.468. The molecule has 8 nitrogen and oxygen atoms in total. The third kappa shape index (κ3) is 5.78. The normalized spacial score (nSPS) is 10.8. The highest BCUT2D eigenvalue weighted by Crippen LogP contribution is 2.21. The number of ether oxygens (including phenoxy) is 1. The van der Waals surface area contributed by atoms with Crippen LogP contribution in [0.5, 0.6) is 5.75 Å². The minimum Gasteiger partial charge on any atom is -0.497 e. The van der Waals surface area contributed by atoms with E-state index in [4.69, 9.17) is 9.94 Å². The molecule has 0 saturated carbocycles. The number of hydrogen-bond donors (Lipinski definition) is 3. The van der Waals surface area contributed by atoms with Crippen LogP contribution >= 0.6 is 0 Å². The number of aryl methyl sites for hydroxylation is 3. The van der Waals surface area contributed by atoms with Crippen LogP contribution in [-0.4, -0.2) is 28.7 Å². The number of anilines is 1. The maximum Gasteiger partial charge on any atom is 0.261 e. The van der Waals surface area contributed by atoms with Crippen LogP contribution in [0.15, 0.2) is 47.4 Å². The molecule has 0 spiro atoms. The van der Waals surface area contributed by atoms with Crippen molar-refractivity contribution < 1.29 is 19.5 Å². The summed E-state index contributed by atoms with van der Waals surface area (Å²) in [5.41, 5.74) is 4.68. The van der Waals surface area contributed by atoms with Crippen molar-refractivity contribution in [2.24, 2.45) is 0 Å². The summed E-state index contributed by atoms with van der Waals surface area (Å²) in [6.07, 6.45) is 3.94. The van der Waals surface area contributed by atoms with Crippen LogP contribution < -0.4 is 21.0 Å². The molecule has 1 aromatic heterocycles. The lowest BCUT2D eigenvalue weighted by atomic mass is 10.1. The Labute approximate surface area is 192 Å². The Kier molecular flexibility index (Phi) is 7.84. The number of methoxy groups -OCH3 is 1. The van der Waals surface area contributed by atoms with Gasteiger partial charge in [0.25, 0.3) is 5.91 Å². The Morgan fingerprint density at radius 1 is 1.06 bits per heavy atom. The zero-order valence-electron chi connectivity index (χ0n) is 19.1. The number of fused-ring (bicyclic) bond motifs is 1. The number of hydroxylamine groups is 1. The van der Waals surface area contributed by atoms with Crippen LogP contribution in [-0.2, 0) is 11.3 Å². The highest BCUT2D eigenvalue weighted by atomic mass is 16.5. The summed E-state index contributed by atoms with van der Waals surface area (Å²) in [6.45, 7) is 4.45. The Hall–Kier alpha value is -3.65. The fraction of sp³-hybridized carbons (Fsp3) is 0.320. The molecule has 0 atom stereocenters. The highest BCUT2D eigenvalue weighted by molar-refractivity contribution is 6.06. The van der Waals surface area contributed by atoms with Crippen LogP contribution in [0.25, 0.3) is 10.9 Å². The molecule has 3 rings (SSSR count). The molecule has 0 bridgehead atoms. The fourth-order valence-corrected chi connectivity index (χ4v) is 3.79. The first-order chi connectivity index (χ1) is 15.8. The molecule has 0 radical (unpaired) electrons. The van der Waals surface area contributed by atoms with Crippen molar-refractivity contribution in [2.75, 3.05) is 12.4 Å². The Bertz CT molecular complexity index is 1230. The number of pyridine rings is 1. The van der Waals surface area contributed by atoms with Gasteiger partial charge in [-0.25, -0.2) is 5.48 Å². The van der Waals surface area contributed by atoms with Crippen molar-refractivity contribution in [1.82, 2.24) is 10.0 Å². The van der Waals surface area contributed by atoms with Crippen molar-refractivity contribution in [1.29, 1.82) is 0 Å². The van der Waals surface area contributed by atoms with E-state index in [0.29, 0.717) is 35.3 Å². The molecule has 0 aliphatic rings. The Balaban J connectivity index is 1.91. The number of carbonyl (C=O) groups is 2. The van der Waals surface area contributed by atoms with Crippen molar-refractivity contribution >= 4 is 28.4 Å². The van der Waals surface area contributed by atoms with Gasteiger partial charge in [-0.1, -0.05) is 24.1 Å². The summed E-state index contributed by atoms with van der Waals surface area (Å²) in [5.74, 6) is -0.348. The molecule has 0 fully saturated rings. The van der Waals surface area contributed by atoms with Crippen molar-refractivity contribution in [3.05, 3.63) is 69.5 Å². The van der Waals surface area contributed by atoms with Crippen LogP contribution in [0.2, 0.25) is 0 Å². The summed E-state index contributed by atoms with van der Waals surface area (Å²) in [5, 5.41) is 11.9. The summed E-state index contributed by atoms with van der Waals surface area (Å²) >= 11 is 0. The van der Waals surface area contributed by atoms with E-state index in [9.17, 15) is 14.4 Å². The van der Waals surface area contributed by atoms with E-state index in [0.717, 1.165) is 24.0 Å². The Morgan fingerprint density at radius 3 is 2.55 bits per heavy atom. The maximum absolute atomic E-state index is 13.2. The highest BCUT2D eigenvalue weighted by Gasteiger charge is 2.17. The van der Waals surface area contributed by atoms with Crippen LogP contribution in [0.4, 0.5) is 5.69 Å². The molecular weight excluding hydrogens is 422 g/mol. The number of benzene rings is 2. The van der Waals surface area contributed by atoms with E-state index in [1.54, 1.807) is 29.9 Å². The lowest BCUT2D eigenvalue weighted by molar-refractivity contribution is -0.129. The molecule has 3 aromatic rings. The summed E-state index contributed by atoms with van der Waals surface area (Å²) in [6, 6.07) is 10.9. The predicted molar refractivity (Wildman–Crippen MR) is 127 cm³/mol. The molecule has 2 aromatic carbocycles. The number of carbonyl (C=O) groups excluding carboxylic acids is 2. The largest absolute Gasteiger partial charge is 0.497 e. The topological polar surface area (TPSA) is 110 Å². The van der Waals surface area contributed by atoms with Crippen molar-refractivity contribution in [3.63, 3.8) is 0 Å². The number of unbranched alkanes of at least 4 members (excludes halogenated alkanes) is 2. The quantitative estimate of drug-likeness (QED) is 0.259. The van der Waals surface area contributed by atoms with Gasteiger partial charge in [0.1, 0.15) is 11.3 Å². The van der Waals surface area contributed by atoms with E-state index in [1.165, 1.54) is 7.11 Å². The smallest absolute Gasteiger partial charge is 0.261 e. The molecule has 3 N–H and O–H groups in total. The lowest BCUT2D eigenvalue weighted by Crippen LogP contribution is -2.24. The predicted octanol–water partition coefficient (Wildman–Crippen LogP) is 3.95. The van der Waals surface area contributed by atoms with E-state index in [2.05, 4.69) is 5.32 Å². The zero-order valence-corrected chi connectivity index (χ0v) is 19.1. The first-order valence-electron chi connectivity index (χ1n) is 10.9. The van der Waals surface area contributed by atoms with E-state index < -0.39 is 11.8 Å². The molecule has 1 heterocycles. The Morgan fingerprint density at radius 2 is 1.85 bits per heavy atom. The number of hydrogen-bond acceptors (Lipinski definition) is 5. The van der Waals surface area contributed by atoms with Crippen LogP contribution in [0.1, 0.15) is 47.2 Å². The van der Waals surface area contributed by atoms with Gasteiger partial charge < -0.3 is 14.6 Å². The molecule has 8 heteroatoms. The molecule has 0 aliphatic carbocycles. The van der Waals surface area contributed by atoms with E-state index in [-0.39, 0.29) is 17.4 Å². The molecule has 0 aliphatic heterocycles. The first-order valence-corrected chi connectivity index (χ1v) is 10.9. The van der Waals surface area contributed by atoms with Crippen LogP contribution in [0, 0.1) is 13.8 Å². The summed E-state index contributed by atoms with van der Waals surface area (Å²) in [7, 11) is 1.53. The molecule has 0 saturated heterocycles. The van der Waals surface area contributed by atoms with Gasteiger partial charge in [0.05, 0.1) is 18.0 Å². The third-order valence-corrected chi connectivity index (χ3v) is 5.59. The maximum atomic E-state index is 13.2. The van der Waals surface area contributed by atoms with Gasteiger partial charge >= 0.3 is 0 Å². The number of rotatable bonds is 9. The number of nitrogens with one attached hydrogen (secondary N) is 2. The molecule has 2 amide bonds. The monoisotopic (exact) mass is 451 g/mol. The second-order valence-electron chi connectivity index (χ2n) is 8.07. The zero-order chi connectivity index (χ0) is 24.0. The van der Waals surface area contributed by atoms with Crippen molar-refractivity contribution in [3.8, 4) is 5.75 Å². The van der Waals surface area contributed by atoms with E-state index in [1.807, 2.05) is 36.6 Å². The van der Waals surface area contributed by atoms with Gasteiger partial charge in [0, 0.05) is 24.8 Å². The summed E-state index contributed by atoms with van der Waals surface area (Å²) < 4.78 is 7.17. The van der Waals surface area contributed by atoms with Gasteiger partial charge in [0.2, 0.25) is 11.3 Å². The SMILES string of the molecule is COc1ccc2c(c1)c(=O)c(C(=O)Nc1ccc(C)cc1C)cn2CCCCCC(=O)NO. The summed E-state index contributed by atoms with van der Waals surface area (Å²) in [4.78, 5) is 37.5. The number of nitrogens with zero attached hydrogens (tertiary/aromatic N) is 1. The second-order valence-corrected chi connectivity index (χ2v) is 8.07. The third-order valence-electron chi connectivity index (χ3n) is 5.59. The lowest BCUT2D eigenvalue weighted by Gasteiger charge is -2.15. The number of aromatic nitrogens is 1. The second kappa shape index (κ2) is 10.8. The molecule has 0 unspecified atom stereocenters. The number of amides is 2. The van der Waals surface area contributed by atoms with E-state index >= 15 is 0 Å². The van der Waals surface area contributed by atoms with Crippen LogP contribution in [0.3, 0.4) is 0 Å².